The number of pyridine rings is 2. The van der Waals surface area contributed by atoms with Gasteiger partial charge in [-0.2, -0.15) is 0 Å². The van der Waals surface area contributed by atoms with Gasteiger partial charge in [-0.1, -0.05) is 6.07 Å². The Labute approximate surface area is 152 Å². The molecule has 1 N–H and O–H groups in total. The highest BCUT2D eigenvalue weighted by molar-refractivity contribution is 5.94. The lowest BCUT2D eigenvalue weighted by atomic mass is 9.98. The summed E-state index contributed by atoms with van der Waals surface area (Å²) >= 11 is 0. The molecule has 1 atom stereocenters. The molecule has 3 aromatic heterocycles. The minimum Gasteiger partial charge on any atom is -0.356 e. The van der Waals surface area contributed by atoms with Crippen molar-refractivity contribution >= 4 is 17.4 Å². The van der Waals surface area contributed by atoms with Crippen LogP contribution in [0.2, 0.25) is 0 Å². The zero-order valence-corrected chi connectivity index (χ0v) is 14.9. The highest BCUT2D eigenvalue weighted by atomic mass is 16.1. The van der Waals surface area contributed by atoms with Gasteiger partial charge in [-0.15, -0.1) is 0 Å². The van der Waals surface area contributed by atoms with Crippen LogP contribution in [0.5, 0.6) is 0 Å². The van der Waals surface area contributed by atoms with Gasteiger partial charge in [-0.3, -0.25) is 4.79 Å². The van der Waals surface area contributed by atoms with Crippen LogP contribution in [0.1, 0.15) is 28.9 Å². The second kappa shape index (κ2) is 7.15. The summed E-state index contributed by atoms with van der Waals surface area (Å²) in [5.74, 6) is 1.42. The van der Waals surface area contributed by atoms with Crippen molar-refractivity contribution in [2.45, 2.75) is 19.8 Å². The molecule has 1 amide bonds. The number of nitrogens with zero attached hydrogens (tertiary/aromatic N) is 4. The van der Waals surface area contributed by atoms with Crippen LogP contribution in [0.25, 0.3) is 5.65 Å². The van der Waals surface area contributed by atoms with E-state index >= 15 is 0 Å². The molecule has 0 bridgehead atoms. The number of nitrogens with one attached hydrogen (secondary N) is 1. The molecule has 26 heavy (non-hydrogen) atoms. The fraction of sp³-hybridized carbons (Fsp3) is 0.350. The Bertz CT molecular complexity index is 905. The van der Waals surface area contributed by atoms with Crippen molar-refractivity contribution in [2.75, 3.05) is 24.5 Å². The molecule has 1 fully saturated rings. The smallest absolute Gasteiger partial charge is 0.252 e. The molecule has 1 aliphatic heterocycles. The van der Waals surface area contributed by atoms with E-state index in [1.54, 1.807) is 0 Å². The maximum Gasteiger partial charge on any atom is 0.252 e. The Hall–Kier alpha value is -2.89. The number of aromatic nitrogens is 3. The molecule has 0 aliphatic carbocycles. The van der Waals surface area contributed by atoms with Gasteiger partial charge in [0, 0.05) is 38.2 Å². The van der Waals surface area contributed by atoms with Crippen molar-refractivity contribution in [1.29, 1.82) is 0 Å². The number of hydrogen-bond donors (Lipinski definition) is 1. The summed E-state index contributed by atoms with van der Waals surface area (Å²) in [6.45, 7) is 4.58. The Kier molecular flexibility index (Phi) is 4.56. The van der Waals surface area contributed by atoms with Crippen molar-refractivity contribution < 1.29 is 4.79 Å². The van der Waals surface area contributed by atoms with Crippen LogP contribution >= 0.6 is 0 Å². The molecule has 0 aromatic carbocycles. The molecule has 1 saturated heterocycles. The lowest BCUT2D eigenvalue weighted by molar-refractivity contribution is 0.0945. The number of carbonyl (C=O) groups excluding carboxylic acids is 1. The fourth-order valence-electron chi connectivity index (χ4n) is 3.57. The van der Waals surface area contributed by atoms with E-state index in [9.17, 15) is 4.79 Å². The first-order valence-electron chi connectivity index (χ1n) is 9.08. The van der Waals surface area contributed by atoms with Gasteiger partial charge in [0.05, 0.1) is 11.3 Å². The van der Waals surface area contributed by atoms with Gasteiger partial charge in [0.15, 0.2) is 0 Å². The van der Waals surface area contributed by atoms with E-state index in [2.05, 4.69) is 20.2 Å². The van der Waals surface area contributed by atoms with E-state index < -0.39 is 0 Å². The van der Waals surface area contributed by atoms with Gasteiger partial charge in [0.1, 0.15) is 11.5 Å². The first kappa shape index (κ1) is 16.6. The van der Waals surface area contributed by atoms with Crippen LogP contribution < -0.4 is 10.2 Å². The van der Waals surface area contributed by atoms with Gasteiger partial charge in [-0.25, -0.2) is 9.97 Å². The van der Waals surface area contributed by atoms with Gasteiger partial charge in [0.2, 0.25) is 0 Å². The van der Waals surface area contributed by atoms with E-state index in [-0.39, 0.29) is 5.91 Å². The summed E-state index contributed by atoms with van der Waals surface area (Å²) in [6, 6.07) is 9.71. The van der Waals surface area contributed by atoms with E-state index in [4.69, 9.17) is 0 Å². The zero-order valence-electron chi connectivity index (χ0n) is 14.9. The summed E-state index contributed by atoms with van der Waals surface area (Å²) in [6.07, 6.45) is 7.85. The SMILES string of the molecule is Cc1cn2cc(C(=O)NCC3CCCN(c4ccccn4)C3)ccc2n1. The number of fused-ring (bicyclic) bond motifs is 1. The van der Waals surface area contributed by atoms with E-state index in [0.717, 1.165) is 43.1 Å². The van der Waals surface area contributed by atoms with E-state index in [1.807, 2.05) is 60.2 Å². The minimum absolute atomic E-state index is 0.0341. The summed E-state index contributed by atoms with van der Waals surface area (Å²) in [5.41, 5.74) is 2.46. The third-order valence-corrected chi connectivity index (χ3v) is 4.88. The van der Waals surface area contributed by atoms with Crippen molar-refractivity contribution in [3.63, 3.8) is 0 Å². The Morgan fingerprint density at radius 2 is 2.19 bits per heavy atom. The van der Waals surface area contributed by atoms with Gasteiger partial charge >= 0.3 is 0 Å². The monoisotopic (exact) mass is 349 g/mol. The molecule has 3 aromatic rings. The summed E-state index contributed by atoms with van der Waals surface area (Å²) < 4.78 is 1.90. The molecule has 4 heterocycles. The maximum absolute atomic E-state index is 12.5. The average molecular weight is 349 g/mol. The molecular weight excluding hydrogens is 326 g/mol. The average Bonchev–Trinajstić information content (AvgIpc) is 3.06. The number of aryl methyl sites for hydroxylation is 1. The lowest BCUT2D eigenvalue weighted by Gasteiger charge is -2.33. The maximum atomic E-state index is 12.5. The van der Waals surface area contributed by atoms with Crippen LogP contribution in [0.4, 0.5) is 5.82 Å². The van der Waals surface area contributed by atoms with Gasteiger partial charge in [-0.05, 0) is 49.9 Å². The fourth-order valence-corrected chi connectivity index (χ4v) is 3.57. The number of anilines is 1. The second-order valence-electron chi connectivity index (χ2n) is 6.92. The van der Waals surface area contributed by atoms with Crippen LogP contribution in [-0.4, -0.2) is 39.9 Å². The summed E-state index contributed by atoms with van der Waals surface area (Å²) in [4.78, 5) is 23.7. The van der Waals surface area contributed by atoms with Crippen LogP contribution in [0, 0.1) is 12.8 Å². The van der Waals surface area contributed by atoms with Crippen molar-refractivity contribution in [3.05, 3.63) is 60.2 Å². The zero-order chi connectivity index (χ0) is 17.9. The third kappa shape index (κ3) is 3.54. The summed E-state index contributed by atoms with van der Waals surface area (Å²) in [5, 5.41) is 3.09. The third-order valence-electron chi connectivity index (χ3n) is 4.88. The number of rotatable bonds is 4. The first-order chi connectivity index (χ1) is 12.7. The number of carbonyl (C=O) groups is 1. The molecular formula is C20H23N5O. The molecule has 4 rings (SSSR count). The molecule has 6 heteroatoms. The highest BCUT2D eigenvalue weighted by Crippen LogP contribution is 2.21. The van der Waals surface area contributed by atoms with Crippen molar-refractivity contribution in [1.82, 2.24) is 19.7 Å². The van der Waals surface area contributed by atoms with Gasteiger partial charge < -0.3 is 14.6 Å². The lowest BCUT2D eigenvalue weighted by Crippen LogP contribution is -2.41. The second-order valence-corrected chi connectivity index (χ2v) is 6.92. The van der Waals surface area contributed by atoms with E-state index in [0.29, 0.717) is 18.0 Å². The quantitative estimate of drug-likeness (QED) is 0.787. The molecule has 1 unspecified atom stereocenters. The molecule has 0 saturated carbocycles. The van der Waals surface area contributed by atoms with Crippen LogP contribution in [0.15, 0.2) is 48.9 Å². The Balaban J connectivity index is 1.37. The summed E-state index contributed by atoms with van der Waals surface area (Å²) in [7, 11) is 0. The predicted molar refractivity (Wildman–Crippen MR) is 101 cm³/mol. The Morgan fingerprint density at radius 1 is 1.27 bits per heavy atom. The van der Waals surface area contributed by atoms with Gasteiger partial charge in [0.25, 0.3) is 5.91 Å². The first-order valence-corrected chi connectivity index (χ1v) is 9.08. The molecule has 1 aliphatic rings. The molecule has 6 nitrogen and oxygen atoms in total. The number of hydrogen-bond acceptors (Lipinski definition) is 4. The van der Waals surface area contributed by atoms with E-state index in [1.165, 1.54) is 0 Å². The van der Waals surface area contributed by atoms with Crippen LogP contribution in [0.3, 0.4) is 0 Å². The van der Waals surface area contributed by atoms with Crippen molar-refractivity contribution in [2.24, 2.45) is 5.92 Å². The normalized spacial score (nSPS) is 17.4. The number of amides is 1. The molecule has 134 valence electrons. The van der Waals surface area contributed by atoms with Crippen molar-refractivity contribution in [3.8, 4) is 0 Å². The van der Waals surface area contributed by atoms with Crippen LogP contribution in [-0.2, 0) is 0 Å². The minimum atomic E-state index is -0.0341. The number of piperidine rings is 1. The molecule has 0 spiro atoms. The topological polar surface area (TPSA) is 62.5 Å². The largest absolute Gasteiger partial charge is 0.356 e. The highest BCUT2D eigenvalue weighted by Gasteiger charge is 2.21. The number of imidazole rings is 1. The standard InChI is InChI=1S/C20H23N5O/c1-15-12-25-14-17(7-8-19(25)23-15)20(26)22-11-16-5-4-10-24(13-16)18-6-2-3-9-21-18/h2-3,6-9,12,14,16H,4-5,10-11,13H2,1H3,(H,22,26). The molecule has 0 radical (unpaired) electrons. The predicted octanol–water partition coefficient (Wildman–Crippen LogP) is 2.68. The Morgan fingerprint density at radius 3 is 3.04 bits per heavy atom.